The number of halogens is 2. The van der Waals surface area contributed by atoms with Gasteiger partial charge in [-0.2, -0.15) is 8.78 Å². The summed E-state index contributed by atoms with van der Waals surface area (Å²) in [5.74, 6) is -8.21. The quantitative estimate of drug-likeness (QED) is 0.439. The third-order valence-corrected chi connectivity index (χ3v) is 3.40. The molecule has 0 aromatic heterocycles. The second-order valence-electron chi connectivity index (χ2n) is 5.04. The van der Waals surface area contributed by atoms with Gasteiger partial charge in [-0.3, -0.25) is 4.79 Å². The van der Waals surface area contributed by atoms with Crippen LogP contribution in [0.2, 0.25) is 0 Å². The fraction of sp³-hybridized carbons (Fsp3) is 0.615. The van der Waals surface area contributed by atoms with Gasteiger partial charge < -0.3 is 14.2 Å². The van der Waals surface area contributed by atoms with Crippen LogP contribution < -0.4 is 0 Å². The summed E-state index contributed by atoms with van der Waals surface area (Å²) in [5, 5.41) is 0. The molecule has 2 aliphatic rings. The highest BCUT2D eigenvalue weighted by molar-refractivity contribution is 5.88. The summed E-state index contributed by atoms with van der Waals surface area (Å²) < 4.78 is 41.5. The van der Waals surface area contributed by atoms with Crippen molar-refractivity contribution in [2.45, 2.75) is 37.9 Å². The second kappa shape index (κ2) is 5.42. The number of cyclic esters (lactones) is 2. The summed E-state index contributed by atoms with van der Waals surface area (Å²) in [6.45, 7) is 4.73. The molecule has 2 heterocycles. The smallest absolute Gasteiger partial charge is 0.381 e. The van der Waals surface area contributed by atoms with Gasteiger partial charge in [0.25, 0.3) is 0 Å². The lowest BCUT2D eigenvalue weighted by atomic mass is 9.91. The minimum atomic E-state index is -3.95. The number of rotatable bonds is 3. The molecule has 2 fully saturated rings. The molecule has 116 valence electrons. The zero-order chi connectivity index (χ0) is 15.8. The number of carbonyl (C=O) groups is 3. The first-order valence-electron chi connectivity index (χ1n) is 6.35. The molecule has 0 aromatic carbocycles. The summed E-state index contributed by atoms with van der Waals surface area (Å²) in [5.41, 5.74) is -0.0680. The lowest BCUT2D eigenvalue weighted by Crippen LogP contribution is -2.54. The van der Waals surface area contributed by atoms with Crippen molar-refractivity contribution >= 4 is 17.9 Å². The Balaban J connectivity index is 2.16. The van der Waals surface area contributed by atoms with Crippen LogP contribution in [0.4, 0.5) is 8.78 Å². The third-order valence-electron chi connectivity index (χ3n) is 3.40. The first-order valence-corrected chi connectivity index (χ1v) is 6.35. The Hall–Kier alpha value is -1.99. The van der Waals surface area contributed by atoms with Gasteiger partial charge in [-0.1, -0.05) is 6.58 Å². The Kier molecular flexibility index (Phi) is 3.97. The van der Waals surface area contributed by atoms with Gasteiger partial charge in [0.15, 0.2) is 6.10 Å². The van der Waals surface area contributed by atoms with Crippen molar-refractivity contribution in [2.24, 2.45) is 5.92 Å². The fourth-order valence-corrected chi connectivity index (χ4v) is 2.20. The van der Waals surface area contributed by atoms with Crippen molar-refractivity contribution in [3.8, 4) is 0 Å². The Morgan fingerprint density at radius 1 is 1.43 bits per heavy atom. The van der Waals surface area contributed by atoms with Gasteiger partial charge >= 0.3 is 23.8 Å². The number of carbonyl (C=O) groups excluding carboxylic acids is 3. The molecule has 0 bridgehead atoms. The Morgan fingerprint density at radius 3 is 2.62 bits per heavy atom. The van der Waals surface area contributed by atoms with Crippen molar-refractivity contribution in [2.75, 3.05) is 6.61 Å². The summed E-state index contributed by atoms with van der Waals surface area (Å²) in [6, 6.07) is 0. The SMILES string of the molecule is C=C(C)C(=O)OC1CC(C2CCOC2=O)OC(=O)C1(F)F. The zero-order valence-corrected chi connectivity index (χ0v) is 11.3. The van der Waals surface area contributed by atoms with Gasteiger partial charge in [0.2, 0.25) is 0 Å². The van der Waals surface area contributed by atoms with E-state index in [1.165, 1.54) is 6.92 Å². The van der Waals surface area contributed by atoms with E-state index in [0.717, 1.165) is 0 Å². The Morgan fingerprint density at radius 2 is 2.10 bits per heavy atom. The first kappa shape index (κ1) is 15.4. The van der Waals surface area contributed by atoms with Gasteiger partial charge in [-0.25, -0.2) is 9.59 Å². The highest BCUT2D eigenvalue weighted by Crippen LogP contribution is 2.37. The predicted molar refractivity (Wildman–Crippen MR) is 63.2 cm³/mol. The van der Waals surface area contributed by atoms with Gasteiger partial charge in [0.1, 0.15) is 6.10 Å². The zero-order valence-electron chi connectivity index (χ0n) is 11.3. The summed E-state index contributed by atoms with van der Waals surface area (Å²) >= 11 is 0. The van der Waals surface area contributed by atoms with E-state index >= 15 is 0 Å². The van der Waals surface area contributed by atoms with Crippen LogP contribution in [0.25, 0.3) is 0 Å². The Labute approximate surface area is 119 Å². The number of hydrogen-bond donors (Lipinski definition) is 0. The molecule has 0 radical (unpaired) electrons. The predicted octanol–water partition coefficient (Wildman–Crippen LogP) is 0.988. The normalized spacial score (nSPS) is 31.3. The minimum Gasteiger partial charge on any atom is -0.465 e. The van der Waals surface area contributed by atoms with Crippen molar-refractivity contribution in [1.82, 2.24) is 0 Å². The molecule has 6 nitrogen and oxygen atoms in total. The van der Waals surface area contributed by atoms with Crippen molar-refractivity contribution in [3.05, 3.63) is 12.2 Å². The maximum atomic E-state index is 13.7. The molecule has 0 N–H and O–H groups in total. The van der Waals surface area contributed by atoms with E-state index in [-0.39, 0.29) is 18.6 Å². The van der Waals surface area contributed by atoms with Crippen LogP contribution in [0.5, 0.6) is 0 Å². The van der Waals surface area contributed by atoms with E-state index in [9.17, 15) is 23.2 Å². The maximum Gasteiger partial charge on any atom is 0.381 e. The molecule has 3 atom stereocenters. The van der Waals surface area contributed by atoms with E-state index in [0.29, 0.717) is 0 Å². The van der Waals surface area contributed by atoms with Gasteiger partial charge in [-0.15, -0.1) is 0 Å². The van der Waals surface area contributed by atoms with Crippen LogP contribution in [0, 0.1) is 5.92 Å². The molecule has 2 saturated heterocycles. The molecule has 8 heteroatoms. The molecule has 0 aromatic rings. The standard InChI is InChI=1S/C13H14F2O6/c1-6(2)10(16)21-9-5-8(7-3-4-19-11(7)17)20-12(18)13(9,14)15/h7-9H,1,3-5H2,2H3. The van der Waals surface area contributed by atoms with Crippen LogP contribution in [-0.4, -0.2) is 42.6 Å². The van der Waals surface area contributed by atoms with Gasteiger partial charge in [0, 0.05) is 12.0 Å². The monoisotopic (exact) mass is 304 g/mol. The van der Waals surface area contributed by atoms with Crippen molar-refractivity contribution in [3.63, 3.8) is 0 Å². The van der Waals surface area contributed by atoms with Crippen LogP contribution >= 0.6 is 0 Å². The number of ether oxygens (including phenoxy) is 3. The van der Waals surface area contributed by atoms with Crippen LogP contribution in [0.15, 0.2) is 12.2 Å². The molecule has 2 aliphatic heterocycles. The number of hydrogen-bond acceptors (Lipinski definition) is 6. The number of alkyl halides is 2. The lowest BCUT2D eigenvalue weighted by Gasteiger charge is -2.35. The molecule has 3 unspecified atom stereocenters. The summed E-state index contributed by atoms with van der Waals surface area (Å²) in [7, 11) is 0. The van der Waals surface area contributed by atoms with E-state index in [4.69, 9.17) is 4.74 Å². The molecule has 21 heavy (non-hydrogen) atoms. The molecule has 0 aliphatic carbocycles. The molecule has 0 spiro atoms. The summed E-state index contributed by atoms with van der Waals surface area (Å²) in [6.07, 6.45) is -3.27. The summed E-state index contributed by atoms with van der Waals surface area (Å²) in [4.78, 5) is 34.3. The molecule has 0 amide bonds. The molecule has 0 saturated carbocycles. The molecular weight excluding hydrogens is 290 g/mol. The maximum absolute atomic E-state index is 13.7. The highest BCUT2D eigenvalue weighted by atomic mass is 19.3. The van der Waals surface area contributed by atoms with E-state index in [1.807, 2.05) is 0 Å². The largest absolute Gasteiger partial charge is 0.465 e. The van der Waals surface area contributed by atoms with Crippen molar-refractivity contribution < 1.29 is 37.4 Å². The van der Waals surface area contributed by atoms with Crippen LogP contribution in [0.3, 0.4) is 0 Å². The van der Waals surface area contributed by atoms with E-state index in [2.05, 4.69) is 16.1 Å². The van der Waals surface area contributed by atoms with Crippen LogP contribution in [0.1, 0.15) is 19.8 Å². The average molecular weight is 304 g/mol. The highest BCUT2D eigenvalue weighted by Gasteiger charge is 2.58. The van der Waals surface area contributed by atoms with Crippen molar-refractivity contribution in [1.29, 1.82) is 0 Å². The second-order valence-corrected chi connectivity index (χ2v) is 5.04. The topological polar surface area (TPSA) is 78.9 Å². The first-order chi connectivity index (χ1) is 9.73. The minimum absolute atomic E-state index is 0.0680. The van der Waals surface area contributed by atoms with Gasteiger partial charge in [-0.05, 0) is 13.3 Å². The molecule has 2 rings (SSSR count). The fourth-order valence-electron chi connectivity index (χ4n) is 2.20. The van der Waals surface area contributed by atoms with Gasteiger partial charge in [0.05, 0.1) is 12.5 Å². The van der Waals surface area contributed by atoms with E-state index in [1.54, 1.807) is 0 Å². The Bertz CT molecular complexity index is 501. The molecular formula is C13H14F2O6. The third kappa shape index (κ3) is 2.88. The van der Waals surface area contributed by atoms with E-state index < -0.39 is 48.4 Å². The number of esters is 3. The average Bonchev–Trinajstić information content (AvgIpc) is 2.81. The van der Waals surface area contributed by atoms with Crippen LogP contribution in [-0.2, 0) is 28.6 Å². The lowest BCUT2D eigenvalue weighted by molar-refractivity contribution is -0.224.